The van der Waals surface area contributed by atoms with E-state index in [0.29, 0.717) is 10.9 Å². The van der Waals surface area contributed by atoms with E-state index >= 15 is 0 Å². The monoisotopic (exact) mass is 579 g/mol. The molecule has 1 saturated heterocycles. The van der Waals surface area contributed by atoms with Crippen LogP contribution in [0.1, 0.15) is 23.3 Å². The average molecular weight is 581 g/mol. The van der Waals surface area contributed by atoms with Gasteiger partial charge in [0, 0.05) is 45.9 Å². The molecular weight excluding hydrogens is 554 g/mol. The molecular formula is C28H27BrClN5S. The standard InChI is InChI=1S/C28H27BrClN5S/c1-18-20-8-3-5-11-25(20)36-26(18)17-34-12-6-7-19(16-34)14-31-27-13-24(21-9-2-4-10-23(21)30)33-28-22(29)15-32-35(27)28/h2-5,8-11,13,15,19,31H,6-7,12,14,16-17H2,1H3. The molecule has 1 aliphatic heterocycles. The van der Waals surface area contributed by atoms with Gasteiger partial charge in [-0.15, -0.1) is 11.3 Å². The number of hydrogen-bond donors (Lipinski definition) is 1. The Morgan fingerprint density at radius 2 is 2.00 bits per heavy atom. The summed E-state index contributed by atoms with van der Waals surface area (Å²) in [6.07, 6.45) is 4.24. The van der Waals surface area contributed by atoms with E-state index in [2.05, 4.69) is 68.5 Å². The van der Waals surface area contributed by atoms with Crippen molar-refractivity contribution in [1.29, 1.82) is 0 Å². The van der Waals surface area contributed by atoms with Crippen molar-refractivity contribution in [2.24, 2.45) is 5.92 Å². The lowest BCUT2D eigenvalue weighted by Crippen LogP contribution is -2.37. The number of benzene rings is 2. The number of anilines is 1. The number of likely N-dealkylation sites (tertiary alicyclic amines) is 1. The highest BCUT2D eigenvalue weighted by Crippen LogP contribution is 2.33. The van der Waals surface area contributed by atoms with Gasteiger partial charge in [-0.1, -0.05) is 48.0 Å². The van der Waals surface area contributed by atoms with E-state index in [9.17, 15) is 0 Å². The fourth-order valence-electron chi connectivity index (χ4n) is 5.16. The summed E-state index contributed by atoms with van der Waals surface area (Å²) in [4.78, 5) is 8.94. The Hall–Kier alpha value is -2.45. The fraction of sp³-hybridized carbons (Fsp3) is 0.286. The maximum Gasteiger partial charge on any atom is 0.172 e. The summed E-state index contributed by atoms with van der Waals surface area (Å²) < 4.78 is 4.12. The van der Waals surface area contributed by atoms with Crippen molar-refractivity contribution in [3.8, 4) is 11.3 Å². The molecule has 0 radical (unpaired) electrons. The Labute approximate surface area is 228 Å². The number of piperidine rings is 1. The predicted octanol–water partition coefficient (Wildman–Crippen LogP) is 7.66. The molecule has 1 N–H and O–H groups in total. The van der Waals surface area contributed by atoms with Gasteiger partial charge in [0.2, 0.25) is 0 Å². The minimum absolute atomic E-state index is 0.569. The van der Waals surface area contributed by atoms with Gasteiger partial charge in [0.1, 0.15) is 5.82 Å². The number of hydrogen-bond acceptors (Lipinski definition) is 5. The Balaban J connectivity index is 1.19. The van der Waals surface area contributed by atoms with E-state index in [0.717, 1.165) is 53.4 Å². The number of aromatic nitrogens is 3. The van der Waals surface area contributed by atoms with Crippen molar-refractivity contribution in [3.05, 3.63) is 80.7 Å². The number of nitrogens with zero attached hydrogens (tertiary/aromatic N) is 4. The molecule has 0 aliphatic carbocycles. The molecule has 184 valence electrons. The van der Waals surface area contributed by atoms with Gasteiger partial charge in [0.05, 0.1) is 16.4 Å². The van der Waals surface area contributed by atoms with Gasteiger partial charge in [-0.3, -0.25) is 4.90 Å². The van der Waals surface area contributed by atoms with Crippen molar-refractivity contribution in [2.45, 2.75) is 26.3 Å². The zero-order valence-corrected chi connectivity index (χ0v) is 23.2. The molecule has 1 fully saturated rings. The largest absolute Gasteiger partial charge is 0.370 e. The van der Waals surface area contributed by atoms with Crippen LogP contribution in [0.5, 0.6) is 0 Å². The third-order valence-corrected chi connectivity index (χ3v) is 9.21. The predicted molar refractivity (Wildman–Crippen MR) is 154 cm³/mol. The van der Waals surface area contributed by atoms with Crippen LogP contribution in [0.15, 0.2) is 65.3 Å². The Morgan fingerprint density at radius 1 is 1.17 bits per heavy atom. The lowest BCUT2D eigenvalue weighted by atomic mass is 9.97. The molecule has 0 saturated carbocycles. The number of aryl methyl sites for hydroxylation is 1. The molecule has 36 heavy (non-hydrogen) atoms. The van der Waals surface area contributed by atoms with E-state index in [-0.39, 0.29) is 0 Å². The topological polar surface area (TPSA) is 45.5 Å². The average Bonchev–Trinajstić information content (AvgIpc) is 3.42. The van der Waals surface area contributed by atoms with Crippen molar-refractivity contribution in [2.75, 3.05) is 25.0 Å². The number of fused-ring (bicyclic) bond motifs is 2. The van der Waals surface area contributed by atoms with Gasteiger partial charge < -0.3 is 5.32 Å². The number of nitrogens with one attached hydrogen (secondary N) is 1. The van der Waals surface area contributed by atoms with Gasteiger partial charge >= 0.3 is 0 Å². The molecule has 2 aromatic carbocycles. The molecule has 4 heterocycles. The zero-order chi connectivity index (χ0) is 24.6. The summed E-state index contributed by atoms with van der Waals surface area (Å²) in [5, 5.41) is 10.3. The second-order valence-corrected chi connectivity index (χ2v) is 11.9. The first-order valence-electron chi connectivity index (χ1n) is 12.3. The van der Waals surface area contributed by atoms with Crippen molar-refractivity contribution in [3.63, 3.8) is 0 Å². The third kappa shape index (κ3) is 4.65. The van der Waals surface area contributed by atoms with Crippen LogP contribution in [-0.4, -0.2) is 39.1 Å². The van der Waals surface area contributed by atoms with Gasteiger partial charge in [0.15, 0.2) is 5.65 Å². The summed E-state index contributed by atoms with van der Waals surface area (Å²) >= 11 is 12.0. The van der Waals surface area contributed by atoms with Crippen molar-refractivity contribution >= 4 is 60.4 Å². The highest BCUT2D eigenvalue weighted by Gasteiger charge is 2.22. The molecule has 6 rings (SSSR count). The molecule has 0 spiro atoms. The lowest BCUT2D eigenvalue weighted by molar-refractivity contribution is 0.174. The zero-order valence-electron chi connectivity index (χ0n) is 20.0. The number of thiophene rings is 1. The highest BCUT2D eigenvalue weighted by atomic mass is 79.9. The molecule has 1 aliphatic rings. The van der Waals surface area contributed by atoms with Crippen LogP contribution >= 0.6 is 38.9 Å². The van der Waals surface area contributed by atoms with E-state index in [1.165, 1.54) is 33.4 Å². The van der Waals surface area contributed by atoms with Crippen LogP contribution in [0.2, 0.25) is 5.02 Å². The fourth-order valence-corrected chi connectivity index (χ4v) is 6.99. The molecule has 0 bridgehead atoms. The number of halogens is 2. The van der Waals surface area contributed by atoms with Crippen LogP contribution in [0.3, 0.4) is 0 Å². The smallest absolute Gasteiger partial charge is 0.172 e. The quantitative estimate of drug-likeness (QED) is 0.224. The van der Waals surface area contributed by atoms with Crippen LogP contribution in [0.4, 0.5) is 5.82 Å². The van der Waals surface area contributed by atoms with E-state index in [1.807, 2.05) is 40.1 Å². The second-order valence-electron chi connectivity index (χ2n) is 9.51. The minimum atomic E-state index is 0.569. The first-order chi connectivity index (χ1) is 17.6. The summed E-state index contributed by atoms with van der Waals surface area (Å²) in [6, 6.07) is 18.6. The molecule has 3 aromatic heterocycles. The molecule has 5 nitrogen and oxygen atoms in total. The first-order valence-corrected chi connectivity index (χ1v) is 14.3. The molecule has 8 heteroatoms. The molecule has 1 unspecified atom stereocenters. The summed E-state index contributed by atoms with van der Waals surface area (Å²) in [6.45, 7) is 6.44. The van der Waals surface area contributed by atoms with Crippen molar-refractivity contribution in [1.82, 2.24) is 19.5 Å². The van der Waals surface area contributed by atoms with Crippen LogP contribution < -0.4 is 5.32 Å². The van der Waals surface area contributed by atoms with Crippen LogP contribution in [0.25, 0.3) is 27.0 Å². The minimum Gasteiger partial charge on any atom is -0.370 e. The first kappa shape index (κ1) is 23.9. The van der Waals surface area contributed by atoms with E-state index < -0.39 is 0 Å². The van der Waals surface area contributed by atoms with Crippen molar-refractivity contribution < 1.29 is 0 Å². The lowest BCUT2D eigenvalue weighted by Gasteiger charge is -2.33. The summed E-state index contributed by atoms with van der Waals surface area (Å²) in [5.41, 5.74) is 3.97. The van der Waals surface area contributed by atoms with E-state index in [4.69, 9.17) is 16.6 Å². The van der Waals surface area contributed by atoms with Gasteiger partial charge in [0.25, 0.3) is 0 Å². The van der Waals surface area contributed by atoms with Gasteiger partial charge in [-0.2, -0.15) is 9.61 Å². The Bertz CT molecular complexity index is 1540. The molecule has 1 atom stereocenters. The Kier molecular flexibility index (Phi) is 6.73. The maximum atomic E-state index is 6.50. The molecule has 0 amide bonds. The highest BCUT2D eigenvalue weighted by molar-refractivity contribution is 9.10. The van der Waals surface area contributed by atoms with Gasteiger partial charge in [-0.25, -0.2) is 4.98 Å². The van der Waals surface area contributed by atoms with Crippen LogP contribution in [0, 0.1) is 12.8 Å². The maximum absolute atomic E-state index is 6.50. The van der Waals surface area contributed by atoms with E-state index in [1.54, 1.807) is 6.20 Å². The summed E-state index contributed by atoms with van der Waals surface area (Å²) in [7, 11) is 0. The second kappa shape index (κ2) is 10.1. The van der Waals surface area contributed by atoms with Gasteiger partial charge in [-0.05, 0) is 71.2 Å². The van der Waals surface area contributed by atoms with Crippen LogP contribution in [-0.2, 0) is 6.54 Å². The molecule has 5 aromatic rings. The third-order valence-electron chi connectivity index (χ3n) is 7.06. The summed E-state index contributed by atoms with van der Waals surface area (Å²) in [5.74, 6) is 1.50. The normalized spacial score (nSPS) is 16.7. The Morgan fingerprint density at radius 3 is 2.86 bits per heavy atom. The SMILES string of the molecule is Cc1c(CN2CCCC(CNc3cc(-c4ccccc4Cl)nc4c(Br)cnn34)C2)sc2ccccc12. The number of rotatable bonds is 6.